The minimum Gasteiger partial charge on any atom is -0.484 e. The van der Waals surface area contributed by atoms with Crippen molar-refractivity contribution in [3.8, 4) is 17.0 Å². The van der Waals surface area contributed by atoms with Crippen molar-refractivity contribution in [2.75, 3.05) is 43.0 Å². The summed E-state index contributed by atoms with van der Waals surface area (Å²) < 4.78 is 5.66. The van der Waals surface area contributed by atoms with Crippen LogP contribution in [0.3, 0.4) is 0 Å². The minimum absolute atomic E-state index is 0.0518. The van der Waals surface area contributed by atoms with Gasteiger partial charge in [0.05, 0.1) is 5.69 Å². The number of carbonyl (C=O) groups excluding carboxylic acids is 2. The summed E-state index contributed by atoms with van der Waals surface area (Å²) >= 11 is 0. The van der Waals surface area contributed by atoms with Crippen LogP contribution >= 0.6 is 0 Å². The monoisotopic (exact) mass is 481 g/mol. The summed E-state index contributed by atoms with van der Waals surface area (Å²) in [5, 5.41) is 14.0. The maximum Gasteiger partial charge on any atom is 0.260 e. The van der Waals surface area contributed by atoms with Crippen LogP contribution in [0.1, 0.15) is 6.92 Å². The van der Waals surface area contributed by atoms with Gasteiger partial charge in [0.25, 0.3) is 5.91 Å². The smallest absolute Gasteiger partial charge is 0.260 e. The number of amides is 2. The fraction of sp³-hybridized carbons (Fsp3) is 0.214. The molecule has 36 heavy (non-hydrogen) atoms. The first-order valence-electron chi connectivity index (χ1n) is 11.9. The number of hydrogen-bond donors (Lipinski definition) is 1. The standard InChI is InChI=1S/C28H27N5O3/c1-20(34)29-24-7-4-8-25(18-24)36-19-28(35)33-15-13-32(14-16-33)27-12-11-26(30-31-27)23-10-9-21-5-2-3-6-22(21)17-23/h2-12,17-18H,13-16,19H2,1H3,(H,29,34). The van der Waals surface area contributed by atoms with E-state index in [2.05, 4.69) is 50.7 Å². The average molecular weight is 482 g/mol. The van der Waals surface area contributed by atoms with Crippen molar-refractivity contribution in [2.45, 2.75) is 6.92 Å². The molecule has 8 heteroatoms. The second-order valence-electron chi connectivity index (χ2n) is 8.70. The quantitative estimate of drug-likeness (QED) is 0.448. The number of benzene rings is 3. The third-order valence-electron chi connectivity index (χ3n) is 6.17. The predicted octanol–water partition coefficient (Wildman–Crippen LogP) is 3.98. The van der Waals surface area contributed by atoms with Gasteiger partial charge in [0, 0.05) is 50.4 Å². The average Bonchev–Trinajstić information content (AvgIpc) is 2.91. The molecule has 0 atom stereocenters. The van der Waals surface area contributed by atoms with E-state index in [0.29, 0.717) is 37.6 Å². The molecule has 0 radical (unpaired) electrons. The number of ether oxygens (including phenoxy) is 1. The maximum absolute atomic E-state index is 12.7. The summed E-state index contributed by atoms with van der Waals surface area (Å²) in [4.78, 5) is 27.8. The highest BCUT2D eigenvalue weighted by Gasteiger charge is 2.22. The van der Waals surface area contributed by atoms with Crippen LogP contribution in [0.15, 0.2) is 78.9 Å². The topological polar surface area (TPSA) is 87.7 Å². The Balaban J connectivity index is 1.14. The van der Waals surface area contributed by atoms with E-state index in [9.17, 15) is 9.59 Å². The Morgan fingerprint density at radius 3 is 2.42 bits per heavy atom. The zero-order valence-electron chi connectivity index (χ0n) is 20.1. The molecule has 4 aromatic rings. The number of hydrogen-bond acceptors (Lipinski definition) is 6. The molecule has 182 valence electrons. The first-order chi connectivity index (χ1) is 17.5. The molecular formula is C28H27N5O3. The Morgan fingerprint density at radius 1 is 0.861 bits per heavy atom. The van der Waals surface area contributed by atoms with Gasteiger partial charge in [-0.25, -0.2) is 0 Å². The molecule has 3 aromatic carbocycles. The van der Waals surface area contributed by atoms with Crippen LogP contribution in [0.4, 0.5) is 11.5 Å². The van der Waals surface area contributed by atoms with Crippen LogP contribution in [-0.2, 0) is 9.59 Å². The number of nitrogens with one attached hydrogen (secondary N) is 1. The van der Waals surface area contributed by atoms with Crippen molar-refractivity contribution in [3.63, 3.8) is 0 Å². The number of aromatic nitrogens is 2. The summed E-state index contributed by atoms with van der Waals surface area (Å²) in [5.41, 5.74) is 2.50. The van der Waals surface area contributed by atoms with Crippen LogP contribution in [0.5, 0.6) is 5.75 Å². The van der Waals surface area contributed by atoms with Crippen LogP contribution < -0.4 is 15.0 Å². The highest BCUT2D eigenvalue weighted by molar-refractivity contribution is 5.89. The third-order valence-corrected chi connectivity index (χ3v) is 6.17. The van der Waals surface area contributed by atoms with Gasteiger partial charge in [0.2, 0.25) is 5.91 Å². The molecular weight excluding hydrogens is 454 g/mol. The van der Waals surface area contributed by atoms with E-state index in [0.717, 1.165) is 17.1 Å². The van der Waals surface area contributed by atoms with Gasteiger partial charge in [0.15, 0.2) is 12.4 Å². The molecule has 1 saturated heterocycles. The third kappa shape index (κ3) is 5.43. The van der Waals surface area contributed by atoms with Gasteiger partial charge < -0.3 is 19.9 Å². The lowest BCUT2D eigenvalue weighted by Gasteiger charge is -2.35. The summed E-state index contributed by atoms with van der Waals surface area (Å²) in [5.74, 6) is 1.11. The number of piperazine rings is 1. The number of anilines is 2. The number of rotatable bonds is 6. The zero-order chi connectivity index (χ0) is 24.9. The van der Waals surface area contributed by atoms with Crippen molar-refractivity contribution >= 4 is 34.1 Å². The molecule has 1 N–H and O–H groups in total. The molecule has 2 amide bonds. The fourth-order valence-electron chi connectivity index (χ4n) is 4.28. The molecule has 8 nitrogen and oxygen atoms in total. The van der Waals surface area contributed by atoms with Crippen LogP contribution in [-0.4, -0.2) is 59.7 Å². The van der Waals surface area contributed by atoms with Gasteiger partial charge in [-0.15, -0.1) is 10.2 Å². The van der Waals surface area contributed by atoms with E-state index in [1.807, 2.05) is 24.3 Å². The Morgan fingerprint density at radius 2 is 1.67 bits per heavy atom. The Kier molecular flexibility index (Phi) is 6.75. The van der Waals surface area contributed by atoms with E-state index in [-0.39, 0.29) is 18.4 Å². The summed E-state index contributed by atoms with van der Waals surface area (Å²) in [7, 11) is 0. The number of fused-ring (bicyclic) bond motifs is 1. The van der Waals surface area contributed by atoms with E-state index >= 15 is 0 Å². The summed E-state index contributed by atoms with van der Waals surface area (Å²) in [6.45, 7) is 3.91. The molecule has 0 unspecified atom stereocenters. The largest absolute Gasteiger partial charge is 0.484 e. The van der Waals surface area contributed by atoms with Gasteiger partial charge in [0.1, 0.15) is 5.75 Å². The SMILES string of the molecule is CC(=O)Nc1cccc(OCC(=O)N2CCN(c3ccc(-c4ccc5ccccc5c4)nn3)CC2)c1. The number of nitrogens with zero attached hydrogens (tertiary/aromatic N) is 4. The summed E-state index contributed by atoms with van der Waals surface area (Å²) in [6.07, 6.45) is 0. The molecule has 0 bridgehead atoms. The highest BCUT2D eigenvalue weighted by Crippen LogP contribution is 2.24. The zero-order valence-corrected chi connectivity index (χ0v) is 20.1. The van der Waals surface area contributed by atoms with Gasteiger partial charge in [-0.05, 0) is 41.1 Å². The van der Waals surface area contributed by atoms with Gasteiger partial charge >= 0.3 is 0 Å². The van der Waals surface area contributed by atoms with Crippen molar-refractivity contribution in [1.82, 2.24) is 15.1 Å². The van der Waals surface area contributed by atoms with Gasteiger partial charge in [-0.1, -0.05) is 42.5 Å². The van der Waals surface area contributed by atoms with Crippen LogP contribution in [0.25, 0.3) is 22.0 Å². The lowest BCUT2D eigenvalue weighted by molar-refractivity contribution is -0.133. The normalized spacial score (nSPS) is 13.5. The molecule has 1 aliphatic heterocycles. The molecule has 0 spiro atoms. The van der Waals surface area contributed by atoms with Crippen molar-refractivity contribution < 1.29 is 14.3 Å². The van der Waals surface area contributed by atoms with Crippen LogP contribution in [0, 0.1) is 0 Å². The molecule has 1 aromatic heterocycles. The molecule has 5 rings (SSSR count). The van der Waals surface area contributed by atoms with Crippen molar-refractivity contribution in [2.24, 2.45) is 0 Å². The van der Waals surface area contributed by atoms with Gasteiger partial charge in [-0.3, -0.25) is 9.59 Å². The lowest BCUT2D eigenvalue weighted by atomic mass is 10.1. The molecule has 0 saturated carbocycles. The number of carbonyl (C=O) groups is 2. The Bertz CT molecular complexity index is 1380. The maximum atomic E-state index is 12.7. The first-order valence-corrected chi connectivity index (χ1v) is 11.9. The van der Waals surface area contributed by atoms with E-state index < -0.39 is 0 Å². The molecule has 1 aliphatic rings. The van der Waals surface area contributed by atoms with Crippen molar-refractivity contribution in [3.05, 3.63) is 78.9 Å². The highest BCUT2D eigenvalue weighted by atomic mass is 16.5. The molecule has 0 aliphatic carbocycles. The first kappa shape index (κ1) is 23.3. The fourth-order valence-corrected chi connectivity index (χ4v) is 4.28. The molecule has 1 fully saturated rings. The van der Waals surface area contributed by atoms with Gasteiger partial charge in [-0.2, -0.15) is 0 Å². The van der Waals surface area contributed by atoms with E-state index in [1.165, 1.54) is 17.7 Å². The Labute approximate surface area is 209 Å². The minimum atomic E-state index is -0.158. The lowest BCUT2D eigenvalue weighted by Crippen LogP contribution is -2.50. The second kappa shape index (κ2) is 10.4. The van der Waals surface area contributed by atoms with Crippen molar-refractivity contribution in [1.29, 1.82) is 0 Å². The molecule has 2 heterocycles. The second-order valence-corrected chi connectivity index (χ2v) is 8.70. The van der Waals surface area contributed by atoms with Crippen LogP contribution in [0.2, 0.25) is 0 Å². The van der Waals surface area contributed by atoms with E-state index in [1.54, 1.807) is 29.2 Å². The predicted molar refractivity (Wildman–Crippen MR) is 140 cm³/mol. The summed E-state index contributed by atoms with van der Waals surface area (Å²) in [6, 6.07) is 25.5. The van der Waals surface area contributed by atoms with E-state index in [4.69, 9.17) is 4.74 Å². The Hall–Kier alpha value is -4.46.